The van der Waals surface area contributed by atoms with Crippen LogP contribution in [0.2, 0.25) is 0 Å². The van der Waals surface area contributed by atoms with E-state index >= 15 is 0 Å². The minimum absolute atomic E-state index is 0.337. The largest absolute Gasteiger partial charge is 0.300 e. The zero-order valence-electron chi connectivity index (χ0n) is 18.8. The third-order valence-electron chi connectivity index (χ3n) is 4.83. The van der Waals surface area contributed by atoms with Gasteiger partial charge in [0.15, 0.2) is 0 Å². The maximum atomic E-state index is 10.6. The lowest BCUT2D eigenvalue weighted by atomic mass is 10.1. The summed E-state index contributed by atoms with van der Waals surface area (Å²) >= 11 is 1.98. The lowest BCUT2D eigenvalue weighted by molar-refractivity contribution is -0.117. The molecule has 0 rings (SSSR count). The molecule has 0 aromatic rings. The van der Waals surface area contributed by atoms with Crippen molar-refractivity contribution in [2.24, 2.45) is 0 Å². The average Bonchev–Trinajstić information content (AvgIpc) is 2.63. The summed E-state index contributed by atoms with van der Waals surface area (Å²) in [7, 11) is 0. The molecule has 1 nitrogen and oxygen atoms in total. The van der Waals surface area contributed by atoms with E-state index in [9.17, 15) is 4.79 Å². The predicted molar refractivity (Wildman–Crippen MR) is 124 cm³/mol. The van der Waals surface area contributed by atoms with Crippen LogP contribution in [0, 0.1) is 0 Å². The fourth-order valence-corrected chi connectivity index (χ4v) is 3.56. The van der Waals surface area contributed by atoms with Gasteiger partial charge in [0.05, 0.1) is 0 Å². The topological polar surface area (TPSA) is 17.1 Å². The Morgan fingerprint density at radius 1 is 0.577 bits per heavy atom. The Balaban J connectivity index is 0. The highest BCUT2D eigenvalue weighted by molar-refractivity contribution is 7.98. The molecule has 0 aliphatic rings. The summed E-state index contributed by atoms with van der Waals surface area (Å²) in [5, 5.41) is 0. The van der Waals surface area contributed by atoms with Crippen molar-refractivity contribution < 1.29 is 4.79 Å². The Labute approximate surface area is 170 Å². The summed E-state index contributed by atoms with van der Waals surface area (Å²) in [4.78, 5) is 10.6. The zero-order chi connectivity index (χ0) is 19.7. The number of rotatable bonds is 19. The lowest BCUT2D eigenvalue weighted by Gasteiger charge is -2.01. The van der Waals surface area contributed by atoms with Crippen LogP contribution in [0.4, 0.5) is 0 Å². The van der Waals surface area contributed by atoms with Crippen LogP contribution in [-0.4, -0.2) is 17.8 Å². The van der Waals surface area contributed by atoms with Crippen molar-refractivity contribution in [3.63, 3.8) is 0 Å². The number of ketones is 1. The second-order valence-electron chi connectivity index (χ2n) is 7.75. The lowest BCUT2D eigenvalue weighted by Crippen LogP contribution is -1.89. The van der Waals surface area contributed by atoms with Crippen LogP contribution in [0.15, 0.2) is 0 Å². The van der Waals surface area contributed by atoms with Gasteiger partial charge in [0.25, 0.3) is 0 Å². The standard InChI is InChI=1S/C13H28S.C11H22O/c1-3-4-5-6-7-8-9-10-11-12-13-14-2;1-3-4-5-6-7-8-9-10-11(2)12/h3-13H2,1-2H3;3-10H2,1-2H3. The van der Waals surface area contributed by atoms with Gasteiger partial charge in [-0.05, 0) is 31.8 Å². The summed E-state index contributed by atoms with van der Waals surface area (Å²) in [6.07, 6.45) is 26.6. The van der Waals surface area contributed by atoms with Crippen molar-refractivity contribution in [1.29, 1.82) is 0 Å². The number of carbonyl (C=O) groups is 1. The summed E-state index contributed by atoms with van der Waals surface area (Å²) in [6.45, 7) is 6.19. The SMILES string of the molecule is CCCCCCCCCC(C)=O.CCCCCCCCCCCCSC. The van der Waals surface area contributed by atoms with Crippen LogP contribution < -0.4 is 0 Å². The van der Waals surface area contributed by atoms with Crippen LogP contribution >= 0.6 is 11.8 Å². The molecule has 0 aromatic carbocycles. The highest BCUT2D eigenvalue weighted by Crippen LogP contribution is 2.11. The zero-order valence-corrected chi connectivity index (χ0v) is 19.6. The molecule has 0 saturated heterocycles. The molecule has 0 N–H and O–H groups in total. The molecule has 0 unspecified atom stereocenters. The van der Waals surface area contributed by atoms with Gasteiger partial charge in [-0.25, -0.2) is 0 Å². The molecule has 0 saturated carbocycles. The van der Waals surface area contributed by atoms with Crippen LogP contribution in [0.5, 0.6) is 0 Å². The number of hydrogen-bond acceptors (Lipinski definition) is 2. The van der Waals surface area contributed by atoms with Gasteiger partial charge in [0, 0.05) is 6.42 Å². The van der Waals surface area contributed by atoms with Gasteiger partial charge in [-0.1, -0.05) is 110 Å². The Morgan fingerprint density at radius 3 is 1.27 bits per heavy atom. The first-order valence-electron chi connectivity index (χ1n) is 11.7. The normalized spacial score (nSPS) is 10.5. The monoisotopic (exact) mass is 386 g/mol. The van der Waals surface area contributed by atoms with Crippen molar-refractivity contribution in [2.45, 2.75) is 136 Å². The van der Waals surface area contributed by atoms with Gasteiger partial charge in [-0.2, -0.15) is 11.8 Å². The number of carbonyl (C=O) groups excluding carboxylic acids is 1. The van der Waals surface area contributed by atoms with Gasteiger partial charge in [0.1, 0.15) is 5.78 Å². The first-order chi connectivity index (χ1) is 12.7. The fourth-order valence-electron chi connectivity index (χ4n) is 3.06. The van der Waals surface area contributed by atoms with Crippen LogP contribution in [0.3, 0.4) is 0 Å². The number of unbranched alkanes of at least 4 members (excludes halogenated alkanes) is 15. The molecule has 0 spiro atoms. The third-order valence-corrected chi connectivity index (χ3v) is 5.53. The van der Waals surface area contributed by atoms with Gasteiger partial charge in [-0.15, -0.1) is 0 Å². The molecule has 158 valence electrons. The molecule has 0 heterocycles. The molecule has 26 heavy (non-hydrogen) atoms. The Kier molecular flexibility index (Phi) is 29.6. The van der Waals surface area contributed by atoms with E-state index in [1.807, 2.05) is 11.8 Å². The number of hydrogen-bond donors (Lipinski definition) is 0. The molecule has 0 atom stereocenters. The molecule has 0 amide bonds. The molecule has 0 aliphatic carbocycles. The molecule has 0 radical (unpaired) electrons. The van der Waals surface area contributed by atoms with Crippen molar-refractivity contribution in [2.75, 3.05) is 12.0 Å². The molecular weight excluding hydrogens is 336 g/mol. The third kappa shape index (κ3) is 31.8. The Bertz CT molecular complexity index is 241. The smallest absolute Gasteiger partial charge is 0.129 e. The first-order valence-corrected chi connectivity index (χ1v) is 13.1. The van der Waals surface area contributed by atoms with Crippen molar-refractivity contribution in [3.05, 3.63) is 0 Å². The van der Waals surface area contributed by atoms with Gasteiger partial charge < -0.3 is 4.79 Å². The summed E-state index contributed by atoms with van der Waals surface area (Å²) in [5.74, 6) is 1.69. The minimum Gasteiger partial charge on any atom is -0.300 e. The fraction of sp³-hybridized carbons (Fsp3) is 0.958. The van der Waals surface area contributed by atoms with E-state index in [2.05, 4.69) is 20.1 Å². The molecule has 0 aromatic heterocycles. The molecular formula is C24H50OS. The summed E-state index contributed by atoms with van der Waals surface area (Å²) in [6, 6.07) is 0. The van der Waals surface area contributed by atoms with E-state index in [0.29, 0.717) is 5.78 Å². The second kappa shape index (κ2) is 27.2. The van der Waals surface area contributed by atoms with Gasteiger partial charge in [0.2, 0.25) is 0 Å². The van der Waals surface area contributed by atoms with Gasteiger partial charge in [-0.3, -0.25) is 0 Å². The Hall–Kier alpha value is 0.0200. The molecule has 2 heteroatoms. The number of Topliss-reactive ketones (excluding diaryl/α,β-unsaturated/α-hetero) is 1. The summed E-state index contributed by atoms with van der Waals surface area (Å²) < 4.78 is 0. The van der Waals surface area contributed by atoms with E-state index < -0.39 is 0 Å². The maximum Gasteiger partial charge on any atom is 0.129 e. The highest BCUT2D eigenvalue weighted by atomic mass is 32.2. The predicted octanol–water partition coefficient (Wildman–Crippen LogP) is 8.99. The first kappa shape index (κ1) is 28.2. The summed E-state index contributed by atoms with van der Waals surface area (Å²) in [5.41, 5.74) is 0. The highest BCUT2D eigenvalue weighted by Gasteiger charge is 1.94. The van der Waals surface area contributed by atoms with Crippen LogP contribution in [0.1, 0.15) is 136 Å². The van der Waals surface area contributed by atoms with Crippen LogP contribution in [0.25, 0.3) is 0 Å². The van der Waals surface area contributed by atoms with Crippen molar-refractivity contribution in [3.8, 4) is 0 Å². The van der Waals surface area contributed by atoms with E-state index in [-0.39, 0.29) is 0 Å². The van der Waals surface area contributed by atoms with Crippen molar-refractivity contribution in [1.82, 2.24) is 0 Å². The average molecular weight is 387 g/mol. The van der Waals surface area contributed by atoms with E-state index in [4.69, 9.17) is 0 Å². The van der Waals surface area contributed by atoms with E-state index in [1.165, 1.54) is 108 Å². The number of thioether (sulfide) groups is 1. The van der Waals surface area contributed by atoms with E-state index in [0.717, 1.165) is 12.8 Å². The molecule has 0 fully saturated rings. The van der Waals surface area contributed by atoms with Crippen LogP contribution in [-0.2, 0) is 4.79 Å². The second-order valence-corrected chi connectivity index (χ2v) is 8.73. The molecule has 0 aliphatic heterocycles. The van der Waals surface area contributed by atoms with Gasteiger partial charge >= 0.3 is 0 Å². The Morgan fingerprint density at radius 2 is 0.923 bits per heavy atom. The maximum absolute atomic E-state index is 10.6. The van der Waals surface area contributed by atoms with Crippen molar-refractivity contribution >= 4 is 17.5 Å². The van der Waals surface area contributed by atoms with E-state index in [1.54, 1.807) is 6.92 Å². The molecule has 0 bridgehead atoms. The quantitative estimate of drug-likeness (QED) is 0.206. The minimum atomic E-state index is 0.337.